The molecule has 64 valence electrons. The lowest BCUT2D eigenvalue weighted by atomic mass is 10.1. The Kier molecular flexibility index (Phi) is 2.37. The summed E-state index contributed by atoms with van der Waals surface area (Å²) >= 11 is 0. The van der Waals surface area contributed by atoms with Gasteiger partial charge in [-0.25, -0.2) is 4.79 Å². The lowest BCUT2D eigenvalue weighted by molar-refractivity contribution is 0.148. The summed E-state index contributed by atoms with van der Waals surface area (Å²) in [4.78, 5) is 10.2. The van der Waals surface area contributed by atoms with Crippen LogP contribution in [0.1, 0.15) is 20.3 Å². The summed E-state index contributed by atoms with van der Waals surface area (Å²) < 4.78 is 4.69. The number of rotatable bonds is 3. The minimum absolute atomic E-state index is 0.512. The van der Waals surface area contributed by atoms with Crippen LogP contribution in [0.3, 0.4) is 0 Å². The van der Waals surface area contributed by atoms with Gasteiger partial charge in [0.25, 0.3) is 0 Å². The van der Waals surface area contributed by atoms with E-state index in [-0.39, 0.29) is 0 Å². The van der Waals surface area contributed by atoms with E-state index in [9.17, 15) is 4.79 Å². The van der Waals surface area contributed by atoms with E-state index in [4.69, 9.17) is 5.73 Å². The third-order valence-corrected chi connectivity index (χ3v) is 2.27. The molecule has 0 saturated heterocycles. The largest absolute Gasteiger partial charge is 0.449 e. The fraction of sp³-hybridized carbons (Fsp3) is 0.875. The van der Waals surface area contributed by atoms with E-state index < -0.39 is 6.09 Å². The maximum absolute atomic E-state index is 10.2. The molecule has 0 bridgehead atoms. The highest BCUT2D eigenvalue weighted by Crippen LogP contribution is 2.43. The van der Waals surface area contributed by atoms with Crippen LogP contribution in [-0.2, 0) is 4.74 Å². The third-order valence-electron chi connectivity index (χ3n) is 2.27. The monoisotopic (exact) mass is 157 g/mol. The Balaban J connectivity index is 2.09. The molecule has 0 aromatic heterocycles. The van der Waals surface area contributed by atoms with Gasteiger partial charge in [-0.15, -0.1) is 0 Å². The van der Waals surface area contributed by atoms with E-state index in [1.807, 2.05) is 0 Å². The van der Waals surface area contributed by atoms with Gasteiger partial charge < -0.3 is 10.5 Å². The Morgan fingerprint density at radius 2 is 2.36 bits per heavy atom. The molecule has 1 amide bonds. The molecular formula is C8H15NO2. The van der Waals surface area contributed by atoms with Crippen molar-refractivity contribution in [1.29, 1.82) is 0 Å². The highest BCUT2D eigenvalue weighted by Gasteiger charge is 2.39. The quantitative estimate of drug-likeness (QED) is 0.672. The lowest BCUT2D eigenvalue weighted by Gasteiger charge is -2.02. The third kappa shape index (κ3) is 2.41. The van der Waals surface area contributed by atoms with Crippen molar-refractivity contribution in [2.45, 2.75) is 20.3 Å². The van der Waals surface area contributed by atoms with Crippen LogP contribution in [0.4, 0.5) is 4.79 Å². The Bertz CT molecular complexity index is 156. The van der Waals surface area contributed by atoms with Crippen molar-refractivity contribution >= 4 is 6.09 Å². The van der Waals surface area contributed by atoms with Crippen molar-refractivity contribution in [2.24, 2.45) is 23.5 Å². The van der Waals surface area contributed by atoms with Gasteiger partial charge in [0.1, 0.15) is 0 Å². The smallest absolute Gasteiger partial charge is 0.404 e. The Labute approximate surface area is 66.9 Å². The first-order chi connectivity index (χ1) is 5.11. The zero-order valence-corrected chi connectivity index (χ0v) is 7.04. The summed E-state index contributed by atoms with van der Waals surface area (Å²) in [7, 11) is 0. The number of nitrogens with two attached hydrogens (primary N) is 1. The van der Waals surface area contributed by atoms with Crippen LogP contribution in [0.15, 0.2) is 0 Å². The van der Waals surface area contributed by atoms with E-state index in [1.54, 1.807) is 0 Å². The molecular weight excluding hydrogens is 142 g/mol. The van der Waals surface area contributed by atoms with Gasteiger partial charge in [0.15, 0.2) is 0 Å². The van der Waals surface area contributed by atoms with Gasteiger partial charge in [-0.2, -0.15) is 0 Å². The van der Waals surface area contributed by atoms with Crippen LogP contribution in [0.5, 0.6) is 0 Å². The minimum atomic E-state index is -0.653. The number of carbonyl (C=O) groups excluding carboxylic acids is 1. The summed E-state index contributed by atoms with van der Waals surface area (Å²) in [5, 5.41) is 0. The molecule has 2 N–H and O–H groups in total. The molecule has 1 aliphatic rings. The van der Waals surface area contributed by atoms with E-state index in [1.165, 1.54) is 6.42 Å². The van der Waals surface area contributed by atoms with Crippen molar-refractivity contribution in [2.75, 3.05) is 6.61 Å². The number of amides is 1. The van der Waals surface area contributed by atoms with Crippen molar-refractivity contribution in [3.05, 3.63) is 0 Å². The number of carbonyl (C=O) groups is 1. The molecule has 1 fully saturated rings. The summed E-state index contributed by atoms with van der Waals surface area (Å²) in [5.74, 6) is 2.02. The SMILES string of the molecule is CC(C)C1CC1COC(N)=O. The molecule has 1 rings (SSSR count). The molecule has 3 nitrogen and oxygen atoms in total. The first kappa shape index (κ1) is 8.37. The predicted octanol–water partition coefficient (Wildman–Crippen LogP) is 1.37. The number of primary amides is 1. The highest BCUT2D eigenvalue weighted by atomic mass is 16.5. The van der Waals surface area contributed by atoms with E-state index in [2.05, 4.69) is 18.6 Å². The molecule has 0 aromatic rings. The molecule has 11 heavy (non-hydrogen) atoms. The fourth-order valence-electron chi connectivity index (χ4n) is 1.47. The average Bonchev–Trinajstić information content (AvgIpc) is 2.61. The van der Waals surface area contributed by atoms with Crippen LogP contribution in [-0.4, -0.2) is 12.7 Å². The van der Waals surface area contributed by atoms with Gasteiger partial charge in [-0.3, -0.25) is 0 Å². The second-order valence-electron chi connectivity index (χ2n) is 3.53. The van der Waals surface area contributed by atoms with E-state index in [0.717, 1.165) is 5.92 Å². The van der Waals surface area contributed by atoms with Gasteiger partial charge in [0.2, 0.25) is 0 Å². The van der Waals surface area contributed by atoms with Gasteiger partial charge in [-0.05, 0) is 24.2 Å². The first-order valence-electron chi connectivity index (χ1n) is 4.03. The van der Waals surface area contributed by atoms with Crippen molar-refractivity contribution < 1.29 is 9.53 Å². The Morgan fingerprint density at radius 1 is 1.73 bits per heavy atom. The Morgan fingerprint density at radius 3 is 2.73 bits per heavy atom. The van der Waals surface area contributed by atoms with Crippen LogP contribution in [0.2, 0.25) is 0 Å². The standard InChI is InChI=1S/C8H15NO2/c1-5(2)7-3-6(7)4-11-8(9)10/h5-7H,3-4H2,1-2H3,(H2,9,10). The average molecular weight is 157 g/mol. The molecule has 3 heteroatoms. The zero-order valence-electron chi connectivity index (χ0n) is 7.04. The maximum atomic E-state index is 10.2. The van der Waals surface area contributed by atoms with Gasteiger partial charge in [0, 0.05) is 0 Å². The molecule has 1 aliphatic carbocycles. The number of hydrogen-bond donors (Lipinski definition) is 1. The normalized spacial score (nSPS) is 28.6. The molecule has 0 spiro atoms. The number of ether oxygens (including phenoxy) is 1. The molecule has 2 unspecified atom stereocenters. The maximum Gasteiger partial charge on any atom is 0.404 e. The van der Waals surface area contributed by atoms with Crippen LogP contribution in [0, 0.1) is 17.8 Å². The van der Waals surface area contributed by atoms with Crippen molar-refractivity contribution in [3.8, 4) is 0 Å². The second kappa shape index (κ2) is 3.11. The molecule has 1 saturated carbocycles. The number of hydrogen-bond acceptors (Lipinski definition) is 2. The summed E-state index contributed by atoms with van der Waals surface area (Å²) in [5.41, 5.74) is 4.83. The van der Waals surface area contributed by atoms with Gasteiger partial charge in [0.05, 0.1) is 6.61 Å². The summed E-state index contributed by atoms with van der Waals surface area (Å²) in [6.07, 6.45) is 0.532. The molecule has 0 aliphatic heterocycles. The zero-order chi connectivity index (χ0) is 8.43. The molecule has 2 atom stereocenters. The molecule has 0 radical (unpaired) electrons. The van der Waals surface area contributed by atoms with Gasteiger partial charge in [-0.1, -0.05) is 13.8 Å². The van der Waals surface area contributed by atoms with Gasteiger partial charge >= 0.3 is 6.09 Å². The highest BCUT2D eigenvalue weighted by molar-refractivity contribution is 5.64. The summed E-state index contributed by atoms with van der Waals surface area (Å²) in [6.45, 7) is 4.89. The predicted molar refractivity (Wildman–Crippen MR) is 42.0 cm³/mol. The molecule has 0 heterocycles. The lowest BCUT2D eigenvalue weighted by Crippen LogP contribution is -2.15. The fourth-order valence-corrected chi connectivity index (χ4v) is 1.47. The van der Waals surface area contributed by atoms with E-state index >= 15 is 0 Å². The van der Waals surface area contributed by atoms with Crippen LogP contribution < -0.4 is 5.73 Å². The first-order valence-corrected chi connectivity index (χ1v) is 4.03. The summed E-state index contributed by atoms with van der Waals surface area (Å²) in [6, 6.07) is 0. The second-order valence-corrected chi connectivity index (χ2v) is 3.53. The minimum Gasteiger partial charge on any atom is -0.449 e. The van der Waals surface area contributed by atoms with Crippen LogP contribution >= 0.6 is 0 Å². The topological polar surface area (TPSA) is 52.3 Å². The van der Waals surface area contributed by atoms with Crippen LogP contribution in [0.25, 0.3) is 0 Å². The van der Waals surface area contributed by atoms with Crippen molar-refractivity contribution in [3.63, 3.8) is 0 Å². The van der Waals surface area contributed by atoms with Crippen molar-refractivity contribution in [1.82, 2.24) is 0 Å². The molecule has 0 aromatic carbocycles. The Hall–Kier alpha value is -0.730. The van der Waals surface area contributed by atoms with E-state index in [0.29, 0.717) is 18.4 Å².